The monoisotopic (exact) mass is 343 g/mol. The van der Waals surface area contributed by atoms with Gasteiger partial charge in [0, 0.05) is 40.4 Å². The summed E-state index contributed by atoms with van der Waals surface area (Å²) in [6.07, 6.45) is 3.89. The molecular formula is C17H33N3O4. The summed E-state index contributed by atoms with van der Waals surface area (Å²) in [4.78, 5) is 18.4. The molecule has 1 heterocycles. The minimum atomic E-state index is -0.0918. The van der Waals surface area contributed by atoms with E-state index in [-0.39, 0.29) is 11.9 Å². The van der Waals surface area contributed by atoms with Crippen LogP contribution in [0.3, 0.4) is 0 Å². The van der Waals surface area contributed by atoms with Crippen molar-refractivity contribution in [2.45, 2.75) is 32.6 Å². The molecule has 1 unspecified atom stereocenters. The van der Waals surface area contributed by atoms with Crippen LogP contribution in [0.5, 0.6) is 0 Å². The second-order valence-electron chi connectivity index (χ2n) is 5.82. The van der Waals surface area contributed by atoms with Gasteiger partial charge in [-0.1, -0.05) is 0 Å². The van der Waals surface area contributed by atoms with Crippen molar-refractivity contribution in [1.29, 1.82) is 0 Å². The van der Waals surface area contributed by atoms with Crippen LogP contribution >= 0.6 is 0 Å². The second-order valence-corrected chi connectivity index (χ2v) is 5.82. The van der Waals surface area contributed by atoms with E-state index in [0.29, 0.717) is 26.4 Å². The molecule has 0 amide bonds. The van der Waals surface area contributed by atoms with Crippen LogP contribution in [-0.2, 0) is 19.0 Å². The summed E-state index contributed by atoms with van der Waals surface area (Å²) in [7, 11) is 3.45. The number of carbonyl (C=O) groups is 1. The molecule has 0 saturated carbocycles. The van der Waals surface area contributed by atoms with Crippen LogP contribution in [0.1, 0.15) is 32.6 Å². The van der Waals surface area contributed by atoms with E-state index in [9.17, 15) is 4.79 Å². The summed E-state index contributed by atoms with van der Waals surface area (Å²) in [6.45, 7) is 6.77. The van der Waals surface area contributed by atoms with E-state index in [1.165, 1.54) is 0 Å². The number of nitrogens with zero attached hydrogens (tertiary/aromatic N) is 2. The number of hydrogen-bond donors (Lipinski definition) is 1. The predicted octanol–water partition coefficient (Wildman–Crippen LogP) is 1.28. The van der Waals surface area contributed by atoms with E-state index < -0.39 is 0 Å². The molecule has 0 bridgehead atoms. The third kappa shape index (κ3) is 7.97. The molecule has 24 heavy (non-hydrogen) atoms. The number of methoxy groups -OCH3 is 1. The first-order chi connectivity index (χ1) is 11.7. The Morgan fingerprint density at radius 1 is 1.29 bits per heavy atom. The van der Waals surface area contributed by atoms with Gasteiger partial charge in [0.25, 0.3) is 0 Å². The molecule has 1 fully saturated rings. The van der Waals surface area contributed by atoms with Crippen molar-refractivity contribution < 1.29 is 19.0 Å². The normalized spacial score (nSPS) is 18.5. The first kappa shape index (κ1) is 20.7. The van der Waals surface area contributed by atoms with Crippen LogP contribution in [0.25, 0.3) is 0 Å². The van der Waals surface area contributed by atoms with Crippen LogP contribution in [-0.4, -0.2) is 77.0 Å². The SMILES string of the molecule is CCOC(=O)C1CCCN(C(=NC)NCCCCOCCOC)C1. The van der Waals surface area contributed by atoms with Gasteiger partial charge in [-0.05, 0) is 32.6 Å². The molecule has 1 saturated heterocycles. The van der Waals surface area contributed by atoms with Gasteiger partial charge in [0.05, 0.1) is 25.7 Å². The number of aliphatic imine (C=N–C) groups is 1. The van der Waals surface area contributed by atoms with Gasteiger partial charge >= 0.3 is 5.97 Å². The van der Waals surface area contributed by atoms with E-state index >= 15 is 0 Å². The third-order valence-electron chi connectivity index (χ3n) is 3.98. The Labute approximate surface area is 145 Å². The lowest BCUT2D eigenvalue weighted by Crippen LogP contribution is -2.48. The van der Waals surface area contributed by atoms with Gasteiger partial charge in [-0.3, -0.25) is 9.79 Å². The Morgan fingerprint density at radius 2 is 2.12 bits per heavy atom. The fraction of sp³-hybridized carbons (Fsp3) is 0.882. The fourth-order valence-electron chi connectivity index (χ4n) is 2.73. The van der Waals surface area contributed by atoms with Crippen LogP contribution in [0.15, 0.2) is 4.99 Å². The van der Waals surface area contributed by atoms with Crippen molar-refractivity contribution in [1.82, 2.24) is 10.2 Å². The van der Waals surface area contributed by atoms with Crippen LogP contribution in [0, 0.1) is 5.92 Å². The zero-order chi connectivity index (χ0) is 17.6. The summed E-state index contributed by atoms with van der Waals surface area (Å²) >= 11 is 0. The number of nitrogens with one attached hydrogen (secondary N) is 1. The van der Waals surface area contributed by atoms with Crippen molar-refractivity contribution in [3.8, 4) is 0 Å². The van der Waals surface area contributed by atoms with E-state index in [0.717, 1.165) is 51.3 Å². The summed E-state index contributed by atoms with van der Waals surface area (Å²) in [6, 6.07) is 0. The van der Waals surface area contributed by atoms with Crippen LogP contribution in [0.2, 0.25) is 0 Å². The summed E-state index contributed by atoms with van der Waals surface area (Å²) in [5.41, 5.74) is 0. The molecule has 0 aromatic heterocycles. The van der Waals surface area contributed by atoms with Gasteiger partial charge in [-0.25, -0.2) is 0 Å². The average molecular weight is 343 g/mol. The Kier molecular flexibility index (Phi) is 11.2. The number of guanidine groups is 1. The van der Waals surface area contributed by atoms with Gasteiger partial charge in [0.1, 0.15) is 0 Å². The van der Waals surface area contributed by atoms with Crippen molar-refractivity contribution >= 4 is 11.9 Å². The lowest BCUT2D eigenvalue weighted by molar-refractivity contribution is -0.149. The molecule has 1 aliphatic heterocycles. The van der Waals surface area contributed by atoms with Crippen LogP contribution in [0.4, 0.5) is 0 Å². The van der Waals surface area contributed by atoms with Crippen molar-refractivity contribution in [3.05, 3.63) is 0 Å². The molecule has 1 atom stereocenters. The quantitative estimate of drug-likeness (QED) is 0.279. The highest BCUT2D eigenvalue weighted by Crippen LogP contribution is 2.18. The van der Waals surface area contributed by atoms with Crippen LogP contribution < -0.4 is 5.32 Å². The van der Waals surface area contributed by atoms with E-state index in [2.05, 4.69) is 15.2 Å². The Morgan fingerprint density at radius 3 is 2.83 bits per heavy atom. The number of esters is 1. The number of likely N-dealkylation sites (tertiary alicyclic amines) is 1. The van der Waals surface area contributed by atoms with E-state index in [1.54, 1.807) is 14.2 Å². The number of rotatable bonds is 10. The van der Waals surface area contributed by atoms with Crippen molar-refractivity contribution in [2.24, 2.45) is 10.9 Å². The van der Waals surface area contributed by atoms with E-state index in [4.69, 9.17) is 14.2 Å². The molecule has 7 heteroatoms. The molecule has 7 nitrogen and oxygen atoms in total. The minimum absolute atomic E-state index is 0.0496. The number of ether oxygens (including phenoxy) is 3. The first-order valence-corrected chi connectivity index (χ1v) is 8.91. The Hall–Kier alpha value is -1.34. The van der Waals surface area contributed by atoms with Gasteiger partial charge in [-0.2, -0.15) is 0 Å². The molecule has 1 aliphatic rings. The van der Waals surface area contributed by atoms with E-state index in [1.807, 2.05) is 6.92 Å². The molecule has 1 N–H and O–H groups in total. The number of carbonyl (C=O) groups excluding carboxylic acids is 1. The zero-order valence-corrected chi connectivity index (χ0v) is 15.4. The Bertz CT molecular complexity index is 377. The minimum Gasteiger partial charge on any atom is -0.466 e. The van der Waals surface area contributed by atoms with Gasteiger partial charge in [0.15, 0.2) is 5.96 Å². The summed E-state index contributed by atoms with van der Waals surface area (Å²) < 4.78 is 15.5. The smallest absolute Gasteiger partial charge is 0.310 e. The van der Waals surface area contributed by atoms with Gasteiger partial charge in [-0.15, -0.1) is 0 Å². The topological polar surface area (TPSA) is 72.4 Å². The van der Waals surface area contributed by atoms with Crippen molar-refractivity contribution in [3.63, 3.8) is 0 Å². The number of hydrogen-bond acceptors (Lipinski definition) is 5. The molecular weight excluding hydrogens is 310 g/mol. The molecule has 0 aromatic carbocycles. The maximum Gasteiger partial charge on any atom is 0.310 e. The number of piperidine rings is 1. The fourth-order valence-corrected chi connectivity index (χ4v) is 2.73. The molecule has 0 spiro atoms. The maximum atomic E-state index is 11.9. The zero-order valence-electron chi connectivity index (χ0n) is 15.4. The lowest BCUT2D eigenvalue weighted by atomic mass is 9.98. The standard InChI is InChI=1S/C17H33N3O4/c1-4-24-16(21)15-8-7-10-20(14-15)17(18-2)19-9-5-6-11-23-13-12-22-3/h15H,4-14H2,1-3H3,(H,18,19). The predicted molar refractivity (Wildman–Crippen MR) is 94.2 cm³/mol. The summed E-state index contributed by atoms with van der Waals surface area (Å²) in [5.74, 6) is 0.724. The first-order valence-electron chi connectivity index (χ1n) is 8.91. The molecule has 0 radical (unpaired) electrons. The number of unbranched alkanes of at least 4 members (excludes halogenated alkanes) is 1. The Balaban J connectivity index is 2.24. The third-order valence-corrected chi connectivity index (χ3v) is 3.98. The highest BCUT2D eigenvalue weighted by Gasteiger charge is 2.28. The average Bonchev–Trinajstić information content (AvgIpc) is 2.61. The molecule has 0 aliphatic carbocycles. The highest BCUT2D eigenvalue weighted by molar-refractivity contribution is 5.81. The van der Waals surface area contributed by atoms with Gasteiger partial charge in [0.2, 0.25) is 0 Å². The summed E-state index contributed by atoms with van der Waals surface area (Å²) in [5, 5.41) is 3.38. The molecule has 0 aromatic rings. The largest absolute Gasteiger partial charge is 0.466 e. The van der Waals surface area contributed by atoms with Gasteiger partial charge < -0.3 is 24.4 Å². The molecule has 1 rings (SSSR count). The van der Waals surface area contributed by atoms with Crippen molar-refractivity contribution in [2.75, 3.05) is 60.2 Å². The molecule has 140 valence electrons. The maximum absolute atomic E-state index is 11.9. The lowest BCUT2D eigenvalue weighted by Gasteiger charge is -2.33. The highest BCUT2D eigenvalue weighted by atomic mass is 16.5. The second kappa shape index (κ2) is 13.0.